The Balaban J connectivity index is 2.01. The van der Waals surface area contributed by atoms with Crippen LogP contribution in [0.3, 0.4) is 0 Å². The molecule has 6 heteroatoms. The number of amides is 2. The van der Waals surface area contributed by atoms with E-state index in [1.165, 1.54) is 0 Å². The minimum absolute atomic E-state index is 0.170. The predicted octanol–water partition coefficient (Wildman–Crippen LogP) is 3.31. The smallest absolute Gasteiger partial charge is 0.256 e. The maximum Gasteiger partial charge on any atom is 0.256 e. The van der Waals surface area contributed by atoms with Crippen molar-refractivity contribution in [1.82, 2.24) is 5.32 Å². The van der Waals surface area contributed by atoms with Crippen molar-refractivity contribution in [2.45, 2.75) is 6.42 Å². The largest absolute Gasteiger partial charge is 0.385 e. The molecule has 0 aromatic heterocycles. The fourth-order valence-electron chi connectivity index (χ4n) is 2.10. The quantitative estimate of drug-likeness (QED) is 0.515. The Morgan fingerprint density at radius 3 is 2.62 bits per heavy atom. The summed E-state index contributed by atoms with van der Waals surface area (Å²) in [6.45, 7) is 1.15. The van der Waals surface area contributed by atoms with Crippen molar-refractivity contribution in [2.75, 3.05) is 25.6 Å². The molecule has 0 saturated carbocycles. The van der Waals surface area contributed by atoms with Gasteiger partial charge < -0.3 is 15.4 Å². The number of carbonyl (C=O) groups is 2. The third-order valence-corrected chi connectivity index (χ3v) is 4.25. The first-order valence-corrected chi connectivity index (χ1v) is 8.63. The molecule has 0 spiro atoms. The van der Waals surface area contributed by atoms with Crippen LogP contribution in [0.4, 0.5) is 5.69 Å². The van der Waals surface area contributed by atoms with Crippen molar-refractivity contribution >= 4 is 40.1 Å². The number of methoxy groups -OCH3 is 1. The topological polar surface area (TPSA) is 67.4 Å². The van der Waals surface area contributed by atoms with Gasteiger partial charge in [-0.2, -0.15) is 0 Å². The molecule has 2 N–H and O–H groups in total. The first kappa shape index (κ1) is 18.4. The molecule has 0 saturated heterocycles. The maximum atomic E-state index is 12.3. The van der Waals surface area contributed by atoms with E-state index in [0.29, 0.717) is 30.0 Å². The van der Waals surface area contributed by atoms with Crippen LogP contribution in [0.1, 0.15) is 27.1 Å². The molecule has 24 heavy (non-hydrogen) atoms. The van der Waals surface area contributed by atoms with Gasteiger partial charge in [-0.3, -0.25) is 9.59 Å². The lowest BCUT2D eigenvalue weighted by Gasteiger charge is -2.09. The Labute approximate surface area is 154 Å². The molecule has 0 radical (unpaired) electrons. The summed E-state index contributed by atoms with van der Waals surface area (Å²) >= 11 is 2.12. The molecule has 5 nitrogen and oxygen atoms in total. The third-order valence-electron chi connectivity index (χ3n) is 3.31. The van der Waals surface area contributed by atoms with E-state index in [1.54, 1.807) is 37.4 Å². The number of halogens is 1. The van der Waals surface area contributed by atoms with E-state index < -0.39 is 0 Å². The van der Waals surface area contributed by atoms with E-state index in [-0.39, 0.29) is 11.8 Å². The number of carbonyl (C=O) groups excluding carboxylic acids is 2. The number of ether oxygens (including phenoxy) is 1. The summed E-state index contributed by atoms with van der Waals surface area (Å²) < 4.78 is 5.82. The number of nitrogens with one attached hydrogen (secondary N) is 2. The van der Waals surface area contributed by atoms with Crippen molar-refractivity contribution in [1.29, 1.82) is 0 Å². The zero-order valence-corrected chi connectivity index (χ0v) is 15.5. The number of anilines is 1. The van der Waals surface area contributed by atoms with Gasteiger partial charge in [0.2, 0.25) is 0 Å². The van der Waals surface area contributed by atoms with Crippen LogP contribution in [0.25, 0.3) is 0 Å². The Kier molecular flexibility index (Phi) is 7.20. The summed E-state index contributed by atoms with van der Waals surface area (Å²) in [5.41, 5.74) is 1.70. The lowest BCUT2D eigenvalue weighted by molar-refractivity contribution is 0.0947. The molecular formula is C18H19IN2O3. The highest BCUT2D eigenvalue weighted by Crippen LogP contribution is 2.16. The van der Waals surface area contributed by atoms with E-state index in [2.05, 4.69) is 33.2 Å². The fourth-order valence-corrected chi connectivity index (χ4v) is 2.73. The first-order valence-electron chi connectivity index (χ1n) is 7.55. The molecule has 0 atom stereocenters. The zero-order valence-electron chi connectivity index (χ0n) is 13.3. The molecule has 0 aliphatic carbocycles. The highest BCUT2D eigenvalue weighted by Gasteiger charge is 2.11. The van der Waals surface area contributed by atoms with Crippen LogP contribution in [-0.4, -0.2) is 32.1 Å². The number of hydrogen-bond donors (Lipinski definition) is 2. The molecule has 2 aromatic carbocycles. The molecule has 126 valence electrons. The number of rotatable bonds is 7. The van der Waals surface area contributed by atoms with Crippen molar-refractivity contribution < 1.29 is 14.3 Å². The van der Waals surface area contributed by atoms with E-state index >= 15 is 0 Å². The average Bonchev–Trinajstić information content (AvgIpc) is 2.59. The number of benzene rings is 2. The molecular weight excluding hydrogens is 419 g/mol. The highest BCUT2D eigenvalue weighted by atomic mass is 127. The molecule has 0 heterocycles. The molecule has 0 aliphatic heterocycles. The summed E-state index contributed by atoms with van der Waals surface area (Å²) in [5, 5.41) is 5.65. The second kappa shape index (κ2) is 9.39. The maximum absolute atomic E-state index is 12.3. The van der Waals surface area contributed by atoms with Crippen LogP contribution in [0, 0.1) is 3.57 Å². The van der Waals surface area contributed by atoms with Crippen LogP contribution in [0.15, 0.2) is 48.5 Å². The molecule has 0 aliphatic rings. The van der Waals surface area contributed by atoms with Crippen molar-refractivity contribution in [3.05, 3.63) is 63.2 Å². The van der Waals surface area contributed by atoms with Gasteiger partial charge in [-0.05, 0) is 59.3 Å². The standard InChI is InChI=1S/C18H19IN2O3/c1-24-11-5-10-20-17(22)13-6-4-7-14(12-13)21-18(23)15-8-2-3-9-16(15)19/h2-4,6-9,12H,5,10-11H2,1H3,(H,20,22)(H,21,23). The third kappa shape index (κ3) is 5.31. The summed E-state index contributed by atoms with van der Waals surface area (Å²) in [5.74, 6) is -0.367. The van der Waals surface area contributed by atoms with Gasteiger partial charge in [-0.1, -0.05) is 18.2 Å². The second-order valence-electron chi connectivity index (χ2n) is 5.12. The monoisotopic (exact) mass is 438 g/mol. The van der Waals surface area contributed by atoms with Crippen molar-refractivity contribution in [2.24, 2.45) is 0 Å². The Hall–Kier alpha value is -1.93. The van der Waals surface area contributed by atoms with Gasteiger partial charge in [0.15, 0.2) is 0 Å². The van der Waals surface area contributed by atoms with Gasteiger partial charge in [-0.25, -0.2) is 0 Å². The zero-order chi connectivity index (χ0) is 17.4. The molecule has 2 aromatic rings. The van der Waals surface area contributed by atoms with Gasteiger partial charge in [0.05, 0.1) is 5.56 Å². The van der Waals surface area contributed by atoms with Crippen LogP contribution in [0.5, 0.6) is 0 Å². The lowest BCUT2D eigenvalue weighted by Crippen LogP contribution is -2.25. The second-order valence-corrected chi connectivity index (χ2v) is 6.28. The summed E-state index contributed by atoms with van der Waals surface area (Å²) in [6, 6.07) is 14.2. The van der Waals surface area contributed by atoms with Gasteiger partial charge in [-0.15, -0.1) is 0 Å². The highest BCUT2D eigenvalue weighted by molar-refractivity contribution is 14.1. The molecule has 0 fully saturated rings. The van der Waals surface area contributed by atoms with Crippen LogP contribution in [-0.2, 0) is 4.74 Å². The Bertz CT molecular complexity index is 719. The van der Waals surface area contributed by atoms with Gasteiger partial charge in [0.25, 0.3) is 11.8 Å². The Morgan fingerprint density at radius 1 is 1.08 bits per heavy atom. The van der Waals surface area contributed by atoms with E-state index in [9.17, 15) is 9.59 Å². The number of hydrogen-bond acceptors (Lipinski definition) is 3. The minimum atomic E-state index is -0.197. The van der Waals surface area contributed by atoms with Crippen LogP contribution in [0.2, 0.25) is 0 Å². The first-order chi connectivity index (χ1) is 11.6. The predicted molar refractivity (Wildman–Crippen MR) is 102 cm³/mol. The van der Waals surface area contributed by atoms with E-state index in [1.807, 2.05) is 18.2 Å². The van der Waals surface area contributed by atoms with E-state index in [4.69, 9.17) is 4.74 Å². The average molecular weight is 438 g/mol. The fraction of sp³-hybridized carbons (Fsp3) is 0.222. The normalized spacial score (nSPS) is 10.2. The van der Waals surface area contributed by atoms with Gasteiger partial charge in [0, 0.05) is 35.1 Å². The summed E-state index contributed by atoms with van der Waals surface area (Å²) in [7, 11) is 1.63. The molecule has 2 rings (SSSR count). The lowest BCUT2D eigenvalue weighted by atomic mass is 10.1. The summed E-state index contributed by atoms with van der Waals surface area (Å²) in [4.78, 5) is 24.4. The van der Waals surface area contributed by atoms with Gasteiger partial charge in [0.1, 0.15) is 0 Å². The van der Waals surface area contributed by atoms with Gasteiger partial charge >= 0.3 is 0 Å². The molecule has 0 unspecified atom stereocenters. The van der Waals surface area contributed by atoms with Crippen molar-refractivity contribution in [3.8, 4) is 0 Å². The van der Waals surface area contributed by atoms with Crippen molar-refractivity contribution in [3.63, 3.8) is 0 Å². The Morgan fingerprint density at radius 2 is 1.88 bits per heavy atom. The summed E-state index contributed by atoms with van der Waals surface area (Å²) in [6.07, 6.45) is 0.755. The van der Waals surface area contributed by atoms with Crippen LogP contribution >= 0.6 is 22.6 Å². The molecule has 0 bridgehead atoms. The minimum Gasteiger partial charge on any atom is -0.385 e. The van der Waals surface area contributed by atoms with E-state index in [0.717, 1.165) is 9.99 Å². The molecule has 2 amide bonds. The van der Waals surface area contributed by atoms with Crippen LogP contribution < -0.4 is 10.6 Å². The SMILES string of the molecule is COCCCNC(=O)c1cccc(NC(=O)c2ccccc2I)c1.